The topological polar surface area (TPSA) is 91.7 Å². The van der Waals surface area contributed by atoms with Gasteiger partial charge in [-0.2, -0.15) is 0 Å². The quantitative estimate of drug-likeness (QED) is 0.761. The third-order valence-electron chi connectivity index (χ3n) is 3.62. The molecule has 1 aliphatic rings. The minimum Gasteiger partial charge on any atom is -0.393 e. The first-order valence-corrected chi connectivity index (χ1v) is 6.72. The van der Waals surface area contributed by atoms with Crippen LogP contribution in [0.25, 0.3) is 0 Å². The molecule has 3 N–H and O–H groups in total. The smallest absolute Gasteiger partial charge is 0.253 e. The zero-order chi connectivity index (χ0) is 14.7. The van der Waals surface area contributed by atoms with Crippen molar-refractivity contribution < 1.29 is 19.7 Å². The fourth-order valence-electron chi connectivity index (χ4n) is 2.17. The summed E-state index contributed by atoms with van der Waals surface area (Å²) in [4.78, 5) is 16.0. The number of ether oxygens (including phenoxy) is 1. The maximum atomic E-state index is 12.1. The summed E-state index contributed by atoms with van der Waals surface area (Å²) in [5, 5.41) is 21.2. The Bertz CT molecular complexity index is 470. The number of aromatic nitrogens is 1. The van der Waals surface area contributed by atoms with Crippen molar-refractivity contribution in [2.75, 3.05) is 11.9 Å². The second-order valence-corrected chi connectivity index (χ2v) is 5.20. The van der Waals surface area contributed by atoms with Crippen LogP contribution >= 0.6 is 0 Å². The Hall–Kier alpha value is -1.50. The highest BCUT2D eigenvalue weighted by Gasteiger charge is 2.33. The first-order chi connectivity index (χ1) is 9.51. The van der Waals surface area contributed by atoms with Gasteiger partial charge in [0.1, 0.15) is 12.2 Å². The molecule has 1 amide bonds. The molecule has 4 atom stereocenters. The highest BCUT2D eigenvalue weighted by Crippen LogP contribution is 2.26. The minimum absolute atomic E-state index is 0.0787. The van der Waals surface area contributed by atoms with Crippen LogP contribution in [0.4, 0.5) is 5.69 Å². The summed E-state index contributed by atoms with van der Waals surface area (Å²) < 4.78 is 5.59. The molecule has 20 heavy (non-hydrogen) atoms. The van der Waals surface area contributed by atoms with Gasteiger partial charge in [-0.25, -0.2) is 0 Å². The highest BCUT2D eigenvalue weighted by molar-refractivity contribution is 5.94. The predicted molar refractivity (Wildman–Crippen MR) is 73.0 cm³/mol. The number of anilines is 1. The Labute approximate surface area is 117 Å². The van der Waals surface area contributed by atoms with Gasteiger partial charge < -0.3 is 20.3 Å². The predicted octanol–water partition coefficient (Wildman–Crippen LogP) is 0.859. The molecule has 0 bridgehead atoms. The lowest BCUT2D eigenvalue weighted by atomic mass is 10.0. The number of aliphatic hydroxyl groups excluding tert-OH is 2. The summed E-state index contributed by atoms with van der Waals surface area (Å²) in [6, 6.07) is 3.17. The van der Waals surface area contributed by atoms with E-state index in [1.54, 1.807) is 12.1 Å². The van der Waals surface area contributed by atoms with E-state index in [0.29, 0.717) is 23.7 Å². The van der Waals surface area contributed by atoms with Gasteiger partial charge in [0.15, 0.2) is 0 Å². The molecule has 0 spiro atoms. The molecule has 0 radical (unpaired) electrons. The van der Waals surface area contributed by atoms with Crippen LogP contribution in [0, 0.1) is 5.92 Å². The Morgan fingerprint density at radius 1 is 1.60 bits per heavy atom. The number of rotatable bonds is 4. The molecular formula is C14H20N2O4. The normalized spacial score (nSPS) is 27.3. The van der Waals surface area contributed by atoms with Gasteiger partial charge in [0, 0.05) is 11.9 Å². The first-order valence-electron chi connectivity index (χ1n) is 6.72. The van der Waals surface area contributed by atoms with Crippen molar-refractivity contribution in [1.29, 1.82) is 0 Å². The summed E-state index contributed by atoms with van der Waals surface area (Å²) in [5.74, 6) is 0.159. The fraction of sp³-hybridized carbons (Fsp3) is 0.571. The fourth-order valence-corrected chi connectivity index (χ4v) is 2.17. The largest absolute Gasteiger partial charge is 0.393 e. The maximum absolute atomic E-state index is 12.1. The SMILES string of the molecule is C[C@@H]1O[C@@H](C(=O)Nc2ccnc(C(O)CO)c2)C[C@@H]1C. The molecule has 2 rings (SSSR count). The molecule has 1 fully saturated rings. The maximum Gasteiger partial charge on any atom is 0.253 e. The summed E-state index contributed by atoms with van der Waals surface area (Å²) in [6.45, 7) is 3.60. The van der Waals surface area contributed by atoms with Gasteiger partial charge in [-0.3, -0.25) is 9.78 Å². The molecule has 0 saturated carbocycles. The van der Waals surface area contributed by atoms with E-state index in [9.17, 15) is 9.90 Å². The van der Waals surface area contributed by atoms with Crippen LogP contribution in [0.1, 0.15) is 32.1 Å². The molecule has 1 saturated heterocycles. The molecule has 1 aromatic heterocycles. The van der Waals surface area contributed by atoms with Crippen molar-refractivity contribution >= 4 is 11.6 Å². The molecule has 2 heterocycles. The molecule has 1 aromatic rings. The van der Waals surface area contributed by atoms with Crippen molar-refractivity contribution in [1.82, 2.24) is 4.98 Å². The summed E-state index contributed by atoms with van der Waals surface area (Å²) in [5.41, 5.74) is 0.850. The van der Waals surface area contributed by atoms with Gasteiger partial charge in [-0.1, -0.05) is 6.92 Å². The molecule has 110 valence electrons. The van der Waals surface area contributed by atoms with Gasteiger partial charge in [0.2, 0.25) is 0 Å². The number of carbonyl (C=O) groups excluding carboxylic acids is 1. The number of amides is 1. The summed E-state index contributed by atoms with van der Waals surface area (Å²) in [6.07, 6.45) is 0.762. The Kier molecular flexibility index (Phi) is 4.69. The number of nitrogens with one attached hydrogen (secondary N) is 1. The van der Waals surface area contributed by atoms with Gasteiger partial charge in [0.05, 0.1) is 18.4 Å². The van der Waals surface area contributed by atoms with E-state index in [1.165, 1.54) is 6.20 Å². The molecule has 6 nitrogen and oxygen atoms in total. The van der Waals surface area contributed by atoms with Gasteiger partial charge in [-0.15, -0.1) is 0 Å². The Balaban J connectivity index is 2.01. The van der Waals surface area contributed by atoms with E-state index >= 15 is 0 Å². The number of carbonyl (C=O) groups is 1. The van der Waals surface area contributed by atoms with Crippen molar-refractivity contribution in [3.8, 4) is 0 Å². The van der Waals surface area contributed by atoms with Crippen molar-refractivity contribution in [2.45, 2.75) is 38.6 Å². The van der Waals surface area contributed by atoms with Crippen LogP contribution in [-0.2, 0) is 9.53 Å². The number of nitrogens with zero attached hydrogens (tertiary/aromatic N) is 1. The van der Waals surface area contributed by atoms with E-state index in [-0.39, 0.29) is 12.0 Å². The van der Waals surface area contributed by atoms with Crippen LogP contribution in [0.3, 0.4) is 0 Å². The van der Waals surface area contributed by atoms with Crippen LogP contribution in [0.15, 0.2) is 18.3 Å². The van der Waals surface area contributed by atoms with E-state index in [0.717, 1.165) is 0 Å². The lowest BCUT2D eigenvalue weighted by molar-refractivity contribution is -0.126. The Morgan fingerprint density at radius 3 is 2.95 bits per heavy atom. The summed E-state index contributed by atoms with van der Waals surface area (Å²) >= 11 is 0. The zero-order valence-electron chi connectivity index (χ0n) is 11.6. The average molecular weight is 280 g/mol. The van der Waals surface area contributed by atoms with Crippen LogP contribution in [-0.4, -0.2) is 39.9 Å². The zero-order valence-corrected chi connectivity index (χ0v) is 11.6. The third kappa shape index (κ3) is 3.33. The number of aliphatic hydroxyl groups is 2. The lowest BCUT2D eigenvalue weighted by Crippen LogP contribution is -2.27. The summed E-state index contributed by atoms with van der Waals surface area (Å²) in [7, 11) is 0. The van der Waals surface area contributed by atoms with E-state index < -0.39 is 18.8 Å². The third-order valence-corrected chi connectivity index (χ3v) is 3.62. The van der Waals surface area contributed by atoms with Crippen molar-refractivity contribution in [3.05, 3.63) is 24.0 Å². The standard InChI is InChI=1S/C14H20N2O4/c1-8-5-13(20-9(8)2)14(19)16-10-3-4-15-11(6-10)12(18)7-17/h3-4,6,8-9,12-13,17-18H,5,7H2,1-2H3,(H,15,16,19)/t8-,9-,12?,13+/m0/s1. The van der Waals surface area contributed by atoms with Crippen LogP contribution < -0.4 is 5.32 Å². The van der Waals surface area contributed by atoms with E-state index in [1.807, 2.05) is 6.92 Å². The number of hydrogen-bond donors (Lipinski definition) is 3. The average Bonchev–Trinajstić information content (AvgIpc) is 2.78. The lowest BCUT2D eigenvalue weighted by Gasteiger charge is -2.13. The van der Waals surface area contributed by atoms with E-state index in [4.69, 9.17) is 9.84 Å². The van der Waals surface area contributed by atoms with Gasteiger partial charge in [0.25, 0.3) is 5.91 Å². The number of pyridine rings is 1. The second-order valence-electron chi connectivity index (χ2n) is 5.20. The van der Waals surface area contributed by atoms with Crippen LogP contribution in [0.5, 0.6) is 0 Å². The monoisotopic (exact) mass is 280 g/mol. The number of hydrogen-bond acceptors (Lipinski definition) is 5. The molecule has 6 heteroatoms. The van der Waals surface area contributed by atoms with Crippen molar-refractivity contribution in [3.63, 3.8) is 0 Å². The molecule has 0 aromatic carbocycles. The van der Waals surface area contributed by atoms with Gasteiger partial charge in [-0.05, 0) is 31.4 Å². The van der Waals surface area contributed by atoms with Crippen LogP contribution in [0.2, 0.25) is 0 Å². The Morgan fingerprint density at radius 2 is 2.35 bits per heavy atom. The highest BCUT2D eigenvalue weighted by atomic mass is 16.5. The van der Waals surface area contributed by atoms with E-state index in [2.05, 4.69) is 17.2 Å². The molecule has 1 aliphatic heterocycles. The molecular weight excluding hydrogens is 260 g/mol. The van der Waals surface area contributed by atoms with Gasteiger partial charge >= 0.3 is 0 Å². The van der Waals surface area contributed by atoms with Crippen molar-refractivity contribution in [2.24, 2.45) is 5.92 Å². The second kappa shape index (κ2) is 6.30. The molecule has 1 unspecified atom stereocenters. The molecule has 0 aliphatic carbocycles. The minimum atomic E-state index is -1.05. The first kappa shape index (κ1) is 14.9.